The first-order chi connectivity index (χ1) is 14.9. The highest BCUT2D eigenvalue weighted by atomic mass is 16.6. The van der Waals surface area contributed by atoms with Crippen molar-refractivity contribution in [2.45, 2.75) is 58.3 Å². The Hall–Kier alpha value is -3.38. The van der Waals surface area contributed by atoms with Crippen LogP contribution in [0.2, 0.25) is 0 Å². The summed E-state index contributed by atoms with van der Waals surface area (Å²) in [5.74, 6) is -1.30. The predicted octanol–water partition coefficient (Wildman–Crippen LogP) is 2.13. The molecule has 0 spiro atoms. The molecule has 1 aromatic carbocycles. The third-order valence-electron chi connectivity index (χ3n) is 4.15. The number of ether oxygens (including phenoxy) is 1. The van der Waals surface area contributed by atoms with Crippen molar-refractivity contribution in [3.63, 3.8) is 0 Å². The molecule has 2 atom stereocenters. The van der Waals surface area contributed by atoms with Gasteiger partial charge in [-0.1, -0.05) is 30.9 Å². The molecule has 9 heteroatoms. The number of benzene rings is 1. The average Bonchev–Trinajstić information content (AvgIpc) is 2.69. The van der Waals surface area contributed by atoms with E-state index in [-0.39, 0.29) is 6.04 Å². The molecule has 1 aromatic rings. The minimum atomic E-state index is -1.41. The lowest BCUT2D eigenvalue weighted by Gasteiger charge is -2.33. The lowest BCUT2D eigenvalue weighted by molar-refractivity contribution is -0.142. The molecular formula is C23H32N4O5. The first-order valence-electron chi connectivity index (χ1n) is 10.2. The van der Waals surface area contributed by atoms with E-state index in [0.29, 0.717) is 5.56 Å². The van der Waals surface area contributed by atoms with Gasteiger partial charge in [0.1, 0.15) is 24.2 Å². The second-order valence-electron chi connectivity index (χ2n) is 8.45. The number of amides is 3. The van der Waals surface area contributed by atoms with Crippen LogP contribution in [-0.2, 0) is 14.3 Å². The minimum Gasteiger partial charge on any atom is -0.444 e. The Morgan fingerprint density at radius 3 is 2.44 bits per heavy atom. The summed E-state index contributed by atoms with van der Waals surface area (Å²) in [6, 6.07) is 5.92. The Kier molecular flexibility index (Phi) is 9.88. The fourth-order valence-corrected chi connectivity index (χ4v) is 2.90. The fourth-order valence-electron chi connectivity index (χ4n) is 2.90. The predicted molar refractivity (Wildman–Crippen MR) is 120 cm³/mol. The third kappa shape index (κ3) is 8.04. The first-order valence-corrected chi connectivity index (χ1v) is 10.2. The van der Waals surface area contributed by atoms with Gasteiger partial charge in [-0.3, -0.25) is 9.59 Å². The van der Waals surface area contributed by atoms with Crippen molar-refractivity contribution in [2.75, 3.05) is 13.2 Å². The average molecular weight is 445 g/mol. The van der Waals surface area contributed by atoms with Crippen LogP contribution in [0.25, 0.3) is 6.08 Å². The van der Waals surface area contributed by atoms with E-state index in [1.165, 1.54) is 0 Å². The zero-order chi connectivity index (χ0) is 24.5. The van der Waals surface area contributed by atoms with Crippen molar-refractivity contribution < 1.29 is 24.2 Å². The fraction of sp³-hybridized carbons (Fsp3) is 0.478. The molecule has 0 aliphatic heterocycles. The van der Waals surface area contributed by atoms with Crippen LogP contribution < -0.4 is 10.6 Å². The van der Waals surface area contributed by atoms with Crippen molar-refractivity contribution in [3.8, 4) is 6.07 Å². The van der Waals surface area contributed by atoms with E-state index < -0.39 is 48.7 Å². The van der Waals surface area contributed by atoms with Crippen LogP contribution in [0.1, 0.15) is 51.8 Å². The molecule has 0 radical (unpaired) electrons. The van der Waals surface area contributed by atoms with E-state index >= 15 is 0 Å². The number of hydrogen-bond acceptors (Lipinski definition) is 6. The largest absolute Gasteiger partial charge is 0.444 e. The molecule has 0 saturated heterocycles. The molecule has 0 heterocycles. The molecule has 174 valence electrons. The number of alkyl carbamates (subject to hydrolysis) is 1. The summed E-state index contributed by atoms with van der Waals surface area (Å²) in [4.78, 5) is 39.5. The number of nitrogens with one attached hydrogen (secondary N) is 2. The number of hydrogen-bond donors (Lipinski definition) is 3. The molecule has 3 amide bonds. The Bertz CT molecular complexity index is 870. The summed E-state index contributed by atoms with van der Waals surface area (Å²) >= 11 is 0. The van der Waals surface area contributed by atoms with Gasteiger partial charge in [-0.05, 0) is 51.8 Å². The van der Waals surface area contributed by atoms with Gasteiger partial charge >= 0.3 is 6.09 Å². The second-order valence-corrected chi connectivity index (χ2v) is 8.45. The van der Waals surface area contributed by atoms with E-state index in [2.05, 4.69) is 17.2 Å². The molecular weight excluding hydrogens is 412 g/mol. The first kappa shape index (κ1) is 26.7. The lowest BCUT2D eigenvalue weighted by Crippen LogP contribution is -2.54. The normalized spacial score (nSPS) is 12.8. The van der Waals surface area contributed by atoms with Gasteiger partial charge in [0, 0.05) is 6.04 Å². The highest BCUT2D eigenvalue weighted by Crippen LogP contribution is 2.24. The number of carbonyl (C=O) groups excluding carboxylic acids is 3. The molecule has 0 aliphatic rings. The number of aliphatic hydroxyl groups excluding tert-OH is 1. The topological polar surface area (TPSA) is 132 Å². The summed E-state index contributed by atoms with van der Waals surface area (Å²) in [7, 11) is 0. The second kappa shape index (κ2) is 11.9. The number of aliphatic hydroxyl groups is 1. The van der Waals surface area contributed by atoms with Crippen LogP contribution in [0.4, 0.5) is 4.79 Å². The third-order valence-corrected chi connectivity index (χ3v) is 4.15. The maximum Gasteiger partial charge on any atom is 0.408 e. The maximum absolute atomic E-state index is 13.3. The number of rotatable bonds is 9. The summed E-state index contributed by atoms with van der Waals surface area (Å²) in [5.41, 5.74) is 0.363. The summed E-state index contributed by atoms with van der Waals surface area (Å²) < 4.78 is 5.15. The van der Waals surface area contributed by atoms with Crippen molar-refractivity contribution in [1.29, 1.82) is 5.26 Å². The van der Waals surface area contributed by atoms with Gasteiger partial charge in [-0.2, -0.15) is 5.26 Å². The van der Waals surface area contributed by atoms with Gasteiger partial charge in [0.05, 0.1) is 12.7 Å². The zero-order valence-electron chi connectivity index (χ0n) is 19.2. The molecule has 0 aliphatic carbocycles. The molecule has 0 fully saturated rings. The SMILES string of the molecule is C=Cc1cccc(C(C(=O)NC(C)C)N(CC#N)C(=O)C(CO)NC(=O)OC(C)(C)C)c1. The summed E-state index contributed by atoms with van der Waals surface area (Å²) in [5, 5.41) is 24.2. The molecule has 0 bridgehead atoms. The Morgan fingerprint density at radius 2 is 1.94 bits per heavy atom. The van der Waals surface area contributed by atoms with Crippen LogP contribution in [-0.4, -0.2) is 58.8 Å². The van der Waals surface area contributed by atoms with E-state index in [1.807, 2.05) is 6.07 Å². The summed E-state index contributed by atoms with van der Waals surface area (Å²) in [6.45, 7) is 11.0. The van der Waals surface area contributed by atoms with Gasteiger partial charge in [-0.25, -0.2) is 4.79 Å². The number of nitrogens with zero attached hydrogens (tertiary/aromatic N) is 2. The van der Waals surface area contributed by atoms with Crippen molar-refractivity contribution in [1.82, 2.24) is 15.5 Å². The Morgan fingerprint density at radius 1 is 1.28 bits per heavy atom. The van der Waals surface area contributed by atoms with Crippen molar-refractivity contribution in [2.24, 2.45) is 0 Å². The van der Waals surface area contributed by atoms with Gasteiger partial charge in [-0.15, -0.1) is 0 Å². The van der Waals surface area contributed by atoms with Crippen LogP contribution in [0.15, 0.2) is 30.8 Å². The van der Waals surface area contributed by atoms with Crippen LogP contribution in [0, 0.1) is 11.3 Å². The van der Waals surface area contributed by atoms with Crippen molar-refractivity contribution in [3.05, 3.63) is 42.0 Å². The van der Waals surface area contributed by atoms with Crippen molar-refractivity contribution >= 4 is 24.0 Å². The standard InChI is InChI=1S/C23H32N4O5/c1-7-16-9-8-10-17(13-16)19(20(29)25-15(2)3)27(12-11-24)21(30)18(14-28)26-22(31)32-23(4,5)6/h7-10,13,15,18-19,28H,1,12,14H2,2-6H3,(H,25,29)(H,26,31). The molecule has 1 rings (SSSR count). The molecule has 2 unspecified atom stereocenters. The molecule has 0 saturated carbocycles. The zero-order valence-corrected chi connectivity index (χ0v) is 19.2. The smallest absolute Gasteiger partial charge is 0.408 e. The van der Waals surface area contributed by atoms with E-state index in [1.54, 1.807) is 65.0 Å². The number of nitriles is 1. The summed E-state index contributed by atoms with van der Waals surface area (Å²) in [6.07, 6.45) is 0.691. The van der Waals surface area contributed by atoms with E-state index in [4.69, 9.17) is 4.74 Å². The number of carbonyl (C=O) groups is 3. The monoisotopic (exact) mass is 444 g/mol. The quantitative estimate of drug-likeness (QED) is 0.500. The molecule has 32 heavy (non-hydrogen) atoms. The maximum atomic E-state index is 13.3. The minimum absolute atomic E-state index is 0.222. The lowest BCUT2D eigenvalue weighted by atomic mass is 10.00. The van der Waals surface area contributed by atoms with Crippen LogP contribution in [0.3, 0.4) is 0 Å². The van der Waals surface area contributed by atoms with Gasteiger partial charge in [0.2, 0.25) is 11.8 Å². The van der Waals surface area contributed by atoms with Gasteiger partial charge in [0.15, 0.2) is 0 Å². The molecule has 3 N–H and O–H groups in total. The van der Waals surface area contributed by atoms with Gasteiger partial charge < -0.3 is 25.4 Å². The molecule has 9 nitrogen and oxygen atoms in total. The highest BCUT2D eigenvalue weighted by molar-refractivity contribution is 5.92. The van der Waals surface area contributed by atoms with Crippen LogP contribution >= 0.6 is 0 Å². The Balaban J connectivity index is 3.37. The molecule has 0 aromatic heterocycles. The van der Waals surface area contributed by atoms with E-state index in [9.17, 15) is 24.8 Å². The van der Waals surface area contributed by atoms with Gasteiger partial charge in [0.25, 0.3) is 0 Å². The highest BCUT2D eigenvalue weighted by Gasteiger charge is 2.36. The Labute approximate surface area is 189 Å². The van der Waals surface area contributed by atoms with E-state index in [0.717, 1.165) is 10.5 Å². The van der Waals surface area contributed by atoms with Crippen LogP contribution in [0.5, 0.6) is 0 Å².